The van der Waals surface area contributed by atoms with Crippen molar-refractivity contribution in [2.24, 2.45) is 0 Å². The van der Waals surface area contributed by atoms with E-state index < -0.39 is 17.5 Å². The normalized spacial score (nSPS) is 13.9. The minimum Gasteiger partial charge on any atom is -0.750 e. The van der Waals surface area contributed by atoms with E-state index in [0.29, 0.717) is 6.42 Å². The summed E-state index contributed by atoms with van der Waals surface area (Å²) < 4.78 is 27.1. The standard InChI is InChI=1S/C18H16O3S/c19-22(20)21-18(15-8-2-1-3-9-15)13-16-11-6-10-14-7-4-5-12-17(14)16/h1-12,18H,13H2,(H,19,20)/p-1. The number of fused-ring (bicyclic) bond motifs is 1. The molecule has 0 aromatic heterocycles. The summed E-state index contributed by atoms with van der Waals surface area (Å²) in [6, 6.07) is 23.5. The summed E-state index contributed by atoms with van der Waals surface area (Å²) in [4.78, 5) is 0. The van der Waals surface area contributed by atoms with Gasteiger partial charge in [-0.1, -0.05) is 72.8 Å². The molecule has 2 unspecified atom stereocenters. The van der Waals surface area contributed by atoms with Crippen molar-refractivity contribution in [3.8, 4) is 0 Å². The Hall–Kier alpha value is -2.01. The van der Waals surface area contributed by atoms with E-state index in [4.69, 9.17) is 4.18 Å². The van der Waals surface area contributed by atoms with Gasteiger partial charge < -0.3 is 4.55 Å². The summed E-state index contributed by atoms with van der Waals surface area (Å²) >= 11 is -2.55. The van der Waals surface area contributed by atoms with Crippen LogP contribution in [0.3, 0.4) is 0 Å². The van der Waals surface area contributed by atoms with Crippen molar-refractivity contribution in [1.29, 1.82) is 0 Å². The fourth-order valence-corrected chi connectivity index (χ4v) is 3.01. The van der Waals surface area contributed by atoms with Crippen LogP contribution in [0.1, 0.15) is 17.2 Å². The van der Waals surface area contributed by atoms with Crippen molar-refractivity contribution >= 4 is 22.1 Å². The van der Waals surface area contributed by atoms with Gasteiger partial charge in [0.15, 0.2) is 0 Å². The largest absolute Gasteiger partial charge is 0.750 e. The van der Waals surface area contributed by atoms with E-state index in [1.54, 1.807) is 0 Å². The molecule has 3 aromatic rings. The third-order valence-corrected chi connectivity index (χ3v) is 4.04. The van der Waals surface area contributed by atoms with Gasteiger partial charge in [0, 0.05) is 6.42 Å². The van der Waals surface area contributed by atoms with Crippen LogP contribution >= 0.6 is 0 Å². The molecule has 0 heterocycles. The second-order valence-electron chi connectivity index (χ2n) is 5.04. The van der Waals surface area contributed by atoms with Gasteiger partial charge in [0.1, 0.15) is 6.10 Å². The Bertz CT molecular complexity index is 781. The highest BCUT2D eigenvalue weighted by Gasteiger charge is 2.15. The molecule has 0 bridgehead atoms. The molecule has 3 aromatic carbocycles. The smallest absolute Gasteiger partial charge is 0.103 e. The van der Waals surface area contributed by atoms with Gasteiger partial charge >= 0.3 is 0 Å². The molecule has 0 fully saturated rings. The van der Waals surface area contributed by atoms with E-state index in [1.165, 1.54) is 0 Å². The first-order valence-corrected chi connectivity index (χ1v) is 8.02. The second kappa shape index (κ2) is 6.83. The maximum Gasteiger partial charge on any atom is 0.103 e. The summed E-state index contributed by atoms with van der Waals surface area (Å²) in [7, 11) is 0. The van der Waals surface area contributed by atoms with Crippen molar-refractivity contribution in [1.82, 2.24) is 0 Å². The second-order valence-corrected chi connectivity index (χ2v) is 5.64. The third kappa shape index (κ3) is 3.42. The van der Waals surface area contributed by atoms with Crippen LogP contribution in [0.25, 0.3) is 10.8 Å². The average molecular weight is 311 g/mol. The van der Waals surface area contributed by atoms with Gasteiger partial charge in [-0.2, -0.15) is 0 Å². The van der Waals surface area contributed by atoms with Gasteiger partial charge in [0.05, 0.1) is 11.4 Å². The van der Waals surface area contributed by atoms with E-state index in [-0.39, 0.29) is 0 Å². The zero-order valence-electron chi connectivity index (χ0n) is 11.8. The van der Waals surface area contributed by atoms with E-state index in [0.717, 1.165) is 21.9 Å². The van der Waals surface area contributed by atoms with Gasteiger partial charge in [-0.15, -0.1) is 0 Å². The zero-order chi connectivity index (χ0) is 15.4. The molecule has 112 valence electrons. The fourth-order valence-electron chi connectivity index (χ4n) is 2.64. The number of benzene rings is 3. The number of rotatable bonds is 5. The molecule has 0 spiro atoms. The molecule has 0 aliphatic heterocycles. The van der Waals surface area contributed by atoms with E-state index in [9.17, 15) is 8.76 Å². The van der Waals surface area contributed by atoms with Crippen LogP contribution in [-0.4, -0.2) is 8.76 Å². The molecular weight excluding hydrogens is 296 g/mol. The van der Waals surface area contributed by atoms with Gasteiger partial charge in [0.2, 0.25) is 0 Å². The molecule has 0 radical (unpaired) electrons. The lowest BCUT2D eigenvalue weighted by Crippen LogP contribution is -2.10. The van der Waals surface area contributed by atoms with Gasteiger partial charge in [-0.05, 0) is 21.9 Å². The first kappa shape index (κ1) is 14.9. The lowest BCUT2D eigenvalue weighted by Gasteiger charge is -2.20. The lowest BCUT2D eigenvalue weighted by atomic mass is 9.97. The fraction of sp³-hybridized carbons (Fsp3) is 0.111. The topological polar surface area (TPSA) is 49.4 Å². The monoisotopic (exact) mass is 311 g/mol. The Morgan fingerprint density at radius 3 is 2.36 bits per heavy atom. The Kier molecular flexibility index (Phi) is 4.63. The maximum absolute atomic E-state index is 11.0. The highest BCUT2D eigenvalue weighted by molar-refractivity contribution is 7.74. The molecule has 0 saturated heterocycles. The zero-order valence-corrected chi connectivity index (χ0v) is 12.7. The van der Waals surface area contributed by atoms with Gasteiger partial charge in [-0.3, -0.25) is 4.18 Å². The molecule has 3 rings (SSSR count). The third-order valence-electron chi connectivity index (χ3n) is 3.65. The van der Waals surface area contributed by atoms with E-state index >= 15 is 0 Å². The molecule has 0 N–H and O–H groups in total. The molecule has 0 aliphatic carbocycles. The molecule has 22 heavy (non-hydrogen) atoms. The quantitative estimate of drug-likeness (QED) is 0.671. The predicted octanol–water partition coefficient (Wildman–Crippen LogP) is 3.93. The highest BCUT2D eigenvalue weighted by atomic mass is 32.2. The predicted molar refractivity (Wildman–Crippen MR) is 86.8 cm³/mol. The molecule has 0 aliphatic rings. The van der Waals surface area contributed by atoms with Gasteiger partial charge in [0.25, 0.3) is 0 Å². The first-order chi connectivity index (χ1) is 10.7. The van der Waals surface area contributed by atoms with Crippen molar-refractivity contribution in [2.75, 3.05) is 0 Å². The minimum absolute atomic E-state index is 0.499. The summed E-state index contributed by atoms with van der Waals surface area (Å²) in [5.41, 5.74) is 1.91. The Morgan fingerprint density at radius 2 is 1.59 bits per heavy atom. The van der Waals surface area contributed by atoms with Crippen molar-refractivity contribution in [2.45, 2.75) is 12.5 Å². The van der Waals surface area contributed by atoms with Crippen LogP contribution in [0, 0.1) is 0 Å². The Balaban J connectivity index is 1.97. The van der Waals surface area contributed by atoms with Crippen LogP contribution < -0.4 is 0 Å². The van der Waals surface area contributed by atoms with Crippen molar-refractivity contribution in [3.63, 3.8) is 0 Å². The van der Waals surface area contributed by atoms with E-state index in [1.807, 2.05) is 72.8 Å². The highest BCUT2D eigenvalue weighted by Crippen LogP contribution is 2.27. The molecule has 2 atom stereocenters. The molecule has 0 saturated carbocycles. The first-order valence-electron chi connectivity index (χ1n) is 7.02. The minimum atomic E-state index is -2.55. The summed E-state index contributed by atoms with van der Waals surface area (Å²) in [5.74, 6) is 0. The maximum atomic E-state index is 11.0. The SMILES string of the molecule is O=S([O-])OC(Cc1cccc2ccccc12)c1ccccc1. The average Bonchev–Trinajstić information content (AvgIpc) is 2.55. The molecule has 4 heteroatoms. The molecule has 0 amide bonds. The Labute approximate surface area is 132 Å². The van der Waals surface area contributed by atoms with Crippen molar-refractivity contribution < 1.29 is 12.9 Å². The molecular formula is C18H15O3S-. The summed E-state index contributed by atoms with van der Waals surface area (Å²) in [6.45, 7) is 0. The van der Waals surface area contributed by atoms with Crippen LogP contribution in [0.15, 0.2) is 72.8 Å². The number of hydrogen-bond donors (Lipinski definition) is 0. The Morgan fingerprint density at radius 1 is 0.909 bits per heavy atom. The van der Waals surface area contributed by atoms with E-state index in [2.05, 4.69) is 0 Å². The summed E-state index contributed by atoms with van der Waals surface area (Å²) in [6.07, 6.45) is -0.0235. The lowest BCUT2D eigenvalue weighted by molar-refractivity contribution is 0.205. The van der Waals surface area contributed by atoms with Crippen LogP contribution in [0.5, 0.6) is 0 Å². The number of hydrogen-bond acceptors (Lipinski definition) is 3. The van der Waals surface area contributed by atoms with Crippen LogP contribution in [-0.2, 0) is 22.0 Å². The van der Waals surface area contributed by atoms with Crippen molar-refractivity contribution in [3.05, 3.63) is 83.9 Å². The molecule has 3 nitrogen and oxygen atoms in total. The van der Waals surface area contributed by atoms with Gasteiger partial charge in [-0.25, -0.2) is 4.21 Å². The van der Waals surface area contributed by atoms with Crippen LogP contribution in [0.4, 0.5) is 0 Å². The summed E-state index contributed by atoms with van der Waals surface area (Å²) in [5, 5.41) is 2.25. The van der Waals surface area contributed by atoms with Crippen LogP contribution in [0.2, 0.25) is 0 Å².